The van der Waals surface area contributed by atoms with Crippen molar-refractivity contribution in [2.45, 2.75) is 32.4 Å². The zero-order valence-electron chi connectivity index (χ0n) is 11.2. The van der Waals surface area contributed by atoms with Crippen molar-refractivity contribution < 1.29 is 14.3 Å². The fourth-order valence-electron chi connectivity index (χ4n) is 1.61. The highest BCUT2D eigenvalue weighted by Gasteiger charge is 2.19. The monoisotopic (exact) mass is 251 g/mol. The Bertz CT molecular complexity index is 353. The summed E-state index contributed by atoms with van der Waals surface area (Å²) < 4.78 is 10.6. The van der Waals surface area contributed by atoms with Crippen LogP contribution in [0, 0.1) is 0 Å². The SMILES string of the molecule is CC[C@@H](Oc1ccccc1)C(=O)N[C@@H](C)COC. The van der Waals surface area contributed by atoms with E-state index in [1.807, 2.05) is 44.2 Å². The van der Waals surface area contributed by atoms with Crippen LogP contribution in [0.4, 0.5) is 0 Å². The zero-order valence-corrected chi connectivity index (χ0v) is 11.2. The second-order valence-corrected chi connectivity index (χ2v) is 4.19. The Hall–Kier alpha value is -1.55. The van der Waals surface area contributed by atoms with Gasteiger partial charge in [0.2, 0.25) is 0 Å². The Kier molecular flexibility index (Phi) is 6.22. The second-order valence-electron chi connectivity index (χ2n) is 4.19. The minimum atomic E-state index is -0.466. The Labute approximate surface area is 108 Å². The van der Waals surface area contributed by atoms with Gasteiger partial charge in [-0.25, -0.2) is 0 Å². The van der Waals surface area contributed by atoms with E-state index >= 15 is 0 Å². The Morgan fingerprint density at radius 2 is 2.00 bits per heavy atom. The summed E-state index contributed by atoms with van der Waals surface area (Å²) in [5.41, 5.74) is 0. The topological polar surface area (TPSA) is 47.6 Å². The Morgan fingerprint density at radius 3 is 2.56 bits per heavy atom. The molecule has 0 spiro atoms. The number of carbonyl (C=O) groups excluding carboxylic acids is 1. The van der Waals surface area contributed by atoms with Gasteiger partial charge in [0.1, 0.15) is 5.75 Å². The van der Waals surface area contributed by atoms with Gasteiger partial charge in [0, 0.05) is 13.2 Å². The number of carbonyl (C=O) groups is 1. The van der Waals surface area contributed by atoms with Crippen LogP contribution in [0.2, 0.25) is 0 Å². The lowest BCUT2D eigenvalue weighted by molar-refractivity contribution is -0.129. The highest BCUT2D eigenvalue weighted by molar-refractivity contribution is 5.81. The molecule has 0 saturated heterocycles. The van der Waals surface area contributed by atoms with E-state index in [0.717, 1.165) is 0 Å². The maximum Gasteiger partial charge on any atom is 0.261 e. The fraction of sp³-hybridized carbons (Fsp3) is 0.500. The highest BCUT2D eigenvalue weighted by Crippen LogP contribution is 2.12. The van der Waals surface area contributed by atoms with Crippen molar-refractivity contribution in [3.05, 3.63) is 30.3 Å². The van der Waals surface area contributed by atoms with E-state index < -0.39 is 6.10 Å². The molecule has 1 N–H and O–H groups in total. The minimum absolute atomic E-state index is 0.0177. The average molecular weight is 251 g/mol. The van der Waals surface area contributed by atoms with Crippen LogP contribution >= 0.6 is 0 Å². The van der Waals surface area contributed by atoms with Crippen molar-refractivity contribution in [3.8, 4) is 5.75 Å². The van der Waals surface area contributed by atoms with E-state index in [9.17, 15) is 4.79 Å². The highest BCUT2D eigenvalue weighted by atomic mass is 16.5. The van der Waals surface area contributed by atoms with Gasteiger partial charge in [-0.2, -0.15) is 0 Å². The van der Waals surface area contributed by atoms with Crippen LogP contribution in [0.1, 0.15) is 20.3 Å². The largest absolute Gasteiger partial charge is 0.481 e. The zero-order chi connectivity index (χ0) is 13.4. The molecule has 0 aliphatic carbocycles. The number of nitrogens with one attached hydrogen (secondary N) is 1. The molecule has 0 heterocycles. The number of ether oxygens (including phenoxy) is 2. The summed E-state index contributed by atoms with van der Waals surface area (Å²) in [7, 11) is 1.61. The third-order valence-electron chi connectivity index (χ3n) is 2.49. The molecule has 4 heteroatoms. The first-order valence-corrected chi connectivity index (χ1v) is 6.18. The van der Waals surface area contributed by atoms with Gasteiger partial charge >= 0.3 is 0 Å². The summed E-state index contributed by atoms with van der Waals surface area (Å²) in [6, 6.07) is 9.34. The molecule has 0 aliphatic rings. The summed E-state index contributed by atoms with van der Waals surface area (Å²) in [5.74, 6) is 0.602. The maximum atomic E-state index is 12.0. The van der Waals surface area contributed by atoms with Crippen LogP contribution < -0.4 is 10.1 Å². The third kappa shape index (κ3) is 4.75. The van der Waals surface area contributed by atoms with Crippen molar-refractivity contribution in [3.63, 3.8) is 0 Å². The summed E-state index contributed by atoms with van der Waals surface area (Å²) >= 11 is 0. The first-order valence-electron chi connectivity index (χ1n) is 6.18. The maximum absolute atomic E-state index is 12.0. The van der Waals surface area contributed by atoms with Crippen LogP contribution in [-0.4, -0.2) is 31.8 Å². The van der Waals surface area contributed by atoms with Crippen molar-refractivity contribution in [2.75, 3.05) is 13.7 Å². The minimum Gasteiger partial charge on any atom is -0.481 e. The van der Waals surface area contributed by atoms with Gasteiger partial charge in [0.05, 0.1) is 6.61 Å². The molecule has 0 aromatic heterocycles. The molecule has 0 radical (unpaired) electrons. The summed E-state index contributed by atoms with van der Waals surface area (Å²) in [6.45, 7) is 4.32. The van der Waals surface area contributed by atoms with E-state index in [-0.39, 0.29) is 11.9 Å². The quantitative estimate of drug-likeness (QED) is 0.806. The number of para-hydroxylation sites is 1. The van der Waals surface area contributed by atoms with Crippen LogP contribution in [0.5, 0.6) is 5.75 Å². The van der Waals surface area contributed by atoms with Gasteiger partial charge in [-0.15, -0.1) is 0 Å². The smallest absolute Gasteiger partial charge is 0.261 e. The van der Waals surface area contributed by atoms with Crippen LogP contribution in [0.3, 0.4) is 0 Å². The predicted molar refractivity (Wildman–Crippen MR) is 70.6 cm³/mol. The van der Waals surface area contributed by atoms with Crippen molar-refractivity contribution in [1.82, 2.24) is 5.32 Å². The molecule has 1 aromatic rings. The third-order valence-corrected chi connectivity index (χ3v) is 2.49. The van der Waals surface area contributed by atoms with Crippen LogP contribution in [0.15, 0.2) is 30.3 Å². The molecule has 2 atom stereocenters. The molecule has 0 bridgehead atoms. The van der Waals surface area contributed by atoms with Crippen LogP contribution in [0.25, 0.3) is 0 Å². The van der Waals surface area contributed by atoms with E-state index in [1.165, 1.54) is 0 Å². The molecule has 100 valence electrons. The van der Waals surface area contributed by atoms with Gasteiger partial charge in [0.25, 0.3) is 5.91 Å². The molecule has 1 rings (SSSR count). The molecule has 18 heavy (non-hydrogen) atoms. The molecule has 0 aliphatic heterocycles. The van der Waals surface area contributed by atoms with Crippen molar-refractivity contribution in [1.29, 1.82) is 0 Å². The van der Waals surface area contributed by atoms with Gasteiger partial charge in [0.15, 0.2) is 6.10 Å². The first-order chi connectivity index (χ1) is 8.67. The molecule has 4 nitrogen and oxygen atoms in total. The molecule has 0 unspecified atom stereocenters. The molecule has 1 amide bonds. The number of hydrogen-bond donors (Lipinski definition) is 1. The Balaban J connectivity index is 2.52. The summed E-state index contributed by atoms with van der Waals surface area (Å²) in [6.07, 6.45) is 0.159. The van der Waals surface area contributed by atoms with Gasteiger partial charge in [-0.3, -0.25) is 4.79 Å². The van der Waals surface area contributed by atoms with Gasteiger partial charge < -0.3 is 14.8 Å². The van der Waals surface area contributed by atoms with E-state index in [2.05, 4.69) is 5.32 Å². The van der Waals surface area contributed by atoms with Crippen LogP contribution in [-0.2, 0) is 9.53 Å². The second kappa shape index (κ2) is 7.71. The standard InChI is InChI=1S/C14H21NO3/c1-4-13(14(16)15-11(2)10-17-3)18-12-8-6-5-7-9-12/h5-9,11,13H,4,10H2,1-3H3,(H,15,16)/t11-,13+/m0/s1. The summed E-state index contributed by atoms with van der Waals surface area (Å²) in [5, 5.41) is 2.86. The van der Waals surface area contributed by atoms with Crippen molar-refractivity contribution in [2.24, 2.45) is 0 Å². The molecular weight excluding hydrogens is 230 g/mol. The lowest BCUT2D eigenvalue weighted by Gasteiger charge is -2.20. The predicted octanol–water partition coefficient (Wildman–Crippen LogP) is 2.00. The number of rotatable bonds is 7. The van der Waals surface area contributed by atoms with Crippen molar-refractivity contribution >= 4 is 5.91 Å². The molecule has 0 fully saturated rings. The van der Waals surface area contributed by atoms with Gasteiger partial charge in [-0.05, 0) is 25.5 Å². The number of methoxy groups -OCH3 is 1. The number of benzene rings is 1. The summed E-state index contributed by atoms with van der Waals surface area (Å²) in [4.78, 5) is 12.0. The normalized spacial score (nSPS) is 13.7. The fourth-order valence-corrected chi connectivity index (χ4v) is 1.61. The lowest BCUT2D eigenvalue weighted by atomic mass is 10.2. The lowest BCUT2D eigenvalue weighted by Crippen LogP contribution is -2.44. The number of hydrogen-bond acceptors (Lipinski definition) is 3. The molecular formula is C14H21NO3. The van der Waals surface area contributed by atoms with E-state index in [0.29, 0.717) is 18.8 Å². The van der Waals surface area contributed by atoms with E-state index in [1.54, 1.807) is 7.11 Å². The Morgan fingerprint density at radius 1 is 1.33 bits per heavy atom. The number of amides is 1. The van der Waals surface area contributed by atoms with E-state index in [4.69, 9.17) is 9.47 Å². The molecule has 0 saturated carbocycles. The first kappa shape index (κ1) is 14.5. The molecule has 1 aromatic carbocycles. The van der Waals surface area contributed by atoms with Gasteiger partial charge in [-0.1, -0.05) is 25.1 Å². The average Bonchev–Trinajstić information content (AvgIpc) is 2.37.